The van der Waals surface area contributed by atoms with Crippen LogP contribution in [0.25, 0.3) is 0 Å². The van der Waals surface area contributed by atoms with Crippen LogP contribution in [0.2, 0.25) is 0 Å². The van der Waals surface area contributed by atoms with E-state index in [4.69, 9.17) is 18.9 Å². The Morgan fingerprint density at radius 3 is 2.16 bits per heavy atom. The number of benzene rings is 1. The highest BCUT2D eigenvalue weighted by molar-refractivity contribution is 6.06. The minimum Gasteiger partial charge on any atom is -0.496 e. The number of ether oxygens (including phenoxy) is 4. The topological polar surface area (TPSA) is 74.2 Å². The number of hydrogen-bond acceptors (Lipinski definition) is 6. The lowest BCUT2D eigenvalue weighted by Crippen LogP contribution is -2.39. The van der Waals surface area contributed by atoms with Crippen molar-refractivity contribution in [3.05, 3.63) is 40.5 Å². The van der Waals surface area contributed by atoms with Gasteiger partial charge in [-0.05, 0) is 38.0 Å². The molecule has 2 atom stereocenters. The van der Waals surface area contributed by atoms with Crippen LogP contribution in [0.4, 0.5) is 13.2 Å². The number of rotatable bonds is 8. The fourth-order valence-corrected chi connectivity index (χ4v) is 3.93. The zero-order chi connectivity index (χ0) is 24.4. The molecular weight excluding hydrogens is 429 g/mol. The molecule has 1 aromatic carbocycles. The fraction of sp³-hybridized carbons (Fsp3) is 0.522. The zero-order valence-corrected chi connectivity index (χ0v) is 19.2. The summed E-state index contributed by atoms with van der Waals surface area (Å²) in [5, 5.41) is 11.4. The van der Waals surface area contributed by atoms with Gasteiger partial charge in [-0.3, -0.25) is 4.79 Å². The van der Waals surface area contributed by atoms with Gasteiger partial charge in [-0.2, -0.15) is 13.2 Å². The van der Waals surface area contributed by atoms with E-state index in [2.05, 4.69) is 0 Å². The Kier molecular flexibility index (Phi) is 7.67. The van der Waals surface area contributed by atoms with Gasteiger partial charge in [-0.25, -0.2) is 0 Å². The van der Waals surface area contributed by atoms with Crippen molar-refractivity contribution in [2.75, 3.05) is 27.9 Å². The quantitative estimate of drug-likeness (QED) is 0.611. The van der Waals surface area contributed by atoms with E-state index in [9.17, 15) is 23.1 Å². The first kappa shape index (κ1) is 25.7. The van der Waals surface area contributed by atoms with Crippen LogP contribution in [0.3, 0.4) is 0 Å². The van der Waals surface area contributed by atoms with Crippen molar-refractivity contribution in [2.45, 2.75) is 51.5 Å². The van der Waals surface area contributed by atoms with E-state index in [0.29, 0.717) is 17.1 Å². The van der Waals surface area contributed by atoms with Crippen molar-refractivity contribution >= 4 is 5.78 Å². The maximum absolute atomic E-state index is 12.9. The predicted octanol–water partition coefficient (Wildman–Crippen LogP) is 4.66. The molecule has 1 aliphatic rings. The van der Waals surface area contributed by atoms with Crippen molar-refractivity contribution < 1.29 is 42.0 Å². The van der Waals surface area contributed by atoms with Gasteiger partial charge < -0.3 is 24.1 Å². The van der Waals surface area contributed by atoms with E-state index in [1.807, 2.05) is 13.8 Å². The van der Waals surface area contributed by atoms with E-state index in [0.717, 1.165) is 6.08 Å². The number of aliphatic hydroxyl groups excluding tert-OH is 1. The number of hydrogen-bond donors (Lipinski definition) is 1. The number of methoxy groups -OCH3 is 3. The minimum absolute atomic E-state index is 0.00511. The third-order valence-electron chi connectivity index (χ3n) is 5.43. The van der Waals surface area contributed by atoms with Crippen molar-refractivity contribution in [3.8, 4) is 17.2 Å². The van der Waals surface area contributed by atoms with Crippen molar-refractivity contribution in [1.82, 2.24) is 0 Å². The number of aliphatic hydroxyl groups is 1. The Balaban J connectivity index is 2.74. The molecule has 9 heteroatoms. The number of allylic oxidation sites excluding steroid dienone is 2. The Morgan fingerprint density at radius 2 is 1.69 bits per heavy atom. The maximum Gasteiger partial charge on any atom is 0.411 e. The molecule has 0 heterocycles. The fourth-order valence-electron chi connectivity index (χ4n) is 3.93. The SMILES string of the molecule is COc1cc(C(O)C2=C(C)C(=O)C=CC2(C)OCC(F)(F)F)c(OC)c(C(C)C)c1OC. The van der Waals surface area contributed by atoms with Crippen LogP contribution in [0, 0.1) is 0 Å². The van der Waals surface area contributed by atoms with Gasteiger partial charge in [0.25, 0.3) is 0 Å². The number of carbonyl (C=O) groups excluding carboxylic acids is 1. The molecule has 0 fully saturated rings. The second-order valence-electron chi connectivity index (χ2n) is 7.95. The summed E-state index contributed by atoms with van der Waals surface area (Å²) >= 11 is 0. The van der Waals surface area contributed by atoms with Gasteiger partial charge in [-0.15, -0.1) is 0 Å². The number of alkyl halides is 3. The molecule has 0 aromatic heterocycles. The van der Waals surface area contributed by atoms with Crippen molar-refractivity contribution in [2.24, 2.45) is 0 Å². The van der Waals surface area contributed by atoms with Gasteiger partial charge in [0, 0.05) is 22.3 Å². The van der Waals surface area contributed by atoms with Crippen LogP contribution in [0.15, 0.2) is 29.4 Å². The first-order valence-electron chi connectivity index (χ1n) is 9.97. The lowest BCUT2D eigenvalue weighted by molar-refractivity contribution is -0.191. The van der Waals surface area contributed by atoms with Crippen LogP contribution in [-0.2, 0) is 9.53 Å². The number of halogens is 3. The van der Waals surface area contributed by atoms with Crippen LogP contribution in [0.1, 0.15) is 50.8 Å². The molecule has 0 saturated heterocycles. The van der Waals surface area contributed by atoms with Gasteiger partial charge in [-0.1, -0.05) is 13.8 Å². The van der Waals surface area contributed by atoms with Gasteiger partial charge in [0.05, 0.1) is 21.3 Å². The molecule has 0 spiro atoms. The molecule has 1 aliphatic carbocycles. The minimum atomic E-state index is -4.59. The lowest BCUT2D eigenvalue weighted by Gasteiger charge is -2.37. The van der Waals surface area contributed by atoms with E-state index in [-0.39, 0.29) is 28.4 Å². The third-order valence-corrected chi connectivity index (χ3v) is 5.43. The van der Waals surface area contributed by atoms with Gasteiger partial charge in [0.15, 0.2) is 17.3 Å². The average molecular weight is 458 g/mol. The normalized spacial score (nSPS) is 20.1. The molecule has 1 N–H and O–H groups in total. The molecule has 6 nitrogen and oxygen atoms in total. The van der Waals surface area contributed by atoms with Gasteiger partial charge in [0.2, 0.25) is 0 Å². The summed E-state index contributed by atoms with van der Waals surface area (Å²) in [7, 11) is 4.31. The standard InChI is InChI=1S/C23H29F3O6/c1-12(2)17-20(30-6)14(10-16(29-5)21(17)31-7)19(28)18-13(3)15(27)8-9-22(18,4)32-11-23(24,25)26/h8-10,12,19,28H,11H2,1-7H3. The number of carbonyl (C=O) groups is 1. The lowest BCUT2D eigenvalue weighted by atomic mass is 9.79. The highest BCUT2D eigenvalue weighted by Gasteiger charge is 2.42. The van der Waals surface area contributed by atoms with Crippen LogP contribution >= 0.6 is 0 Å². The average Bonchev–Trinajstić information content (AvgIpc) is 2.72. The molecular formula is C23H29F3O6. The molecule has 0 bridgehead atoms. The maximum atomic E-state index is 12.9. The summed E-state index contributed by atoms with van der Waals surface area (Å²) in [4.78, 5) is 12.4. The molecule has 2 rings (SSSR count). The Hall–Kier alpha value is -2.52. The molecule has 178 valence electrons. The summed E-state index contributed by atoms with van der Waals surface area (Å²) < 4.78 is 60.4. The first-order chi connectivity index (χ1) is 14.8. The van der Waals surface area contributed by atoms with E-state index < -0.39 is 30.3 Å². The summed E-state index contributed by atoms with van der Waals surface area (Å²) in [5.41, 5.74) is -0.768. The number of ketones is 1. The predicted molar refractivity (Wildman–Crippen MR) is 112 cm³/mol. The molecule has 0 saturated carbocycles. The smallest absolute Gasteiger partial charge is 0.411 e. The van der Waals surface area contributed by atoms with E-state index in [1.54, 1.807) is 0 Å². The van der Waals surface area contributed by atoms with Crippen LogP contribution in [0.5, 0.6) is 17.2 Å². The molecule has 0 aliphatic heterocycles. The molecule has 0 radical (unpaired) electrons. The van der Waals surface area contributed by atoms with E-state index >= 15 is 0 Å². The molecule has 0 amide bonds. The Morgan fingerprint density at radius 1 is 1.09 bits per heavy atom. The first-order valence-corrected chi connectivity index (χ1v) is 9.97. The summed E-state index contributed by atoms with van der Waals surface area (Å²) in [5.74, 6) is 0.453. The molecule has 1 aromatic rings. The van der Waals surface area contributed by atoms with Gasteiger partial charge >= 0.3 is 6.18 Å². The van der Waals surface area contributed by atoms with Crippen molar-refractivity contribution in [1.29, 1.82) is 0 Å². The van der Waals surface area contributed by atoms with Crippen molar-refractivity contribution in [3.63, 3.8) is 0 Å². The third kappa shape index (κ3) is 4.94. The Bertz CT molecular complexity index is 933. The van der Waals surface area contributed by atoms with E-state index in [1.165, 1.54) is 47.3 Å². The summed E-state index contributed by atoms with van der Waals surface area (Å²) in [6.45, 7) is 5.05. The van der Waals surface area contributed by atoms with Crippen LogP contribution < -0.4 is 14.2 Å². The highest BCUT2D eigenvalue weighted by atomic mass is 19.4. The molecule has 2 unspecified atom stereocenters. The summed E-state index contributed by atoms with van der Waals surface area (Å²) in [6.07, 6.45) is -3.74. The Labute approximate surface area is 185 Å². The highest BCUT2D eigenvalue weighted by Crippen LogP contribution is 2.49. The largest absolute Gasteiger partial charge is 0.496 e. The zero-order valence-electron chi connectivity index (χ0n) is 19.2. The van der Waals surface area contributed by atoms with Gasteiger partial charge in [0.1, 0.15) is 24.1 Å². The van der Waals surface area contributed by atoms with Crippen LogP contribution in [-0.4, -0.2) is 50.6 Å². The summed E-state index contributed by atoms with van der Waals surface area (Å²) in [6, 6.07) is 1.49. The second-order valence-corrected chi connectivity index (χ2v) is 7.95. The molecule has 32 heavy (non-hydrogen) atoms. The second kappa shape index (κ2) is 9.54. The monoisotopic (exact) mass is 458 g/mol.